The molecule has 0 aromatic heterocycles. The van der Waals surface area contributed by atoms with Crippen LogP contribution < -0.4 is 0 Å². The Labute approximate surface area is 109 Å². The maximum absolute atomic E-state index is 11.1. The first-order valence-corrected chi connectivity index (χ1v) is 7.37. The summed E-state index contributed by atoms with van der Waals surface area (Å²) >= 11 is 0. The second-order valence-corrected chi connectivity index (χ2v) is 6.34. The minimum atomic E-state index is -0.607. The number of hydrogen-bond donors (Lipinski definition) is 1. The molecule has 3 atom stereocenters. The van der Waals surface area contributed by atoms with Crippen molar-refractivity contribution < 1.29 is 9.90 Å². The van der Waals surface area contributed by atoms with E-state index in [0.29, 0.717) is 12.1 Å². The molecule has 3 unspecified atom stereocenters. The van der Waals surface area contributed by atoms with Crippen LogP contribution >= 0.6 is 0 Å². The van der Waals surface area contributed by atoms with Gasteiger partial charge in [0.05, 0.1) is 5.92 Å². The van der Waals surface area contributed by atoms with Crippen LogP contribution in [0.5, 0.6) is 0 Å². The number of nitrogens with zero attached hydrogens (tertiary/aromatic N) is 2. The van der Waals surface area contributed by atoms with Gasteiger partial charge in [-0.2, -0.15) is 0 Å². The van der Waals surface area contributed by atoms with Crippen molar-refractivity contribution in [2.75, 3.05) is 19.6 Å². The van der Waals surface area contributed by atoms with Crippen molar-refractivity contribution in [1.29, 1.82) is 0 Å². The standard InChI is InChI=1S/C14H24N2O2/c1-10-7-13(9-16(10)12-4-5-12)15-6-2-3-11(8-15)14(17)18/h10-13H,2-9H2,1H3,(H,17,18). The molecule has 1 saturated carbocycles. The lowest BCUT2D eigenvalue weighted by Gasteiger charge is -2.35. The van der Waals surface area contributed by atoms with Crippen molar-refractivity contribution in [3.05, 3.63) is 0 Å². The van der Waals surface area contributed by atoms with Gasteiger partial charge in [0.25, 0.3) is 0 Å². The molecule has 1 N–H and O–H groups in total. The van der Waals surface area contributed by atoms with Crippen molar-refractivity contribution in [2.24, 2.45) is 5.92 Å². The number of likely N-dealkylation sites (tertiary alicyclic amines) is 2. The molecule has 0 amide bonds. The zero-order chi connectivity index (χ0) is 12.7. The van der Waals surface area contributed by atoms with E-state index in [1.807, 2.05) is 0 Å². The van der Waals surface area contributed by atoms with E-state index in [-0.39, 0.29) is 5.92 Å². The Morgan fingerprint density at radius 1 is 1.17 bits per heavy atom. The summed E-state index contributed by atoms with van der Waals surface area (Å²) in [7, 11) is 0. The molecule has 4 nitrogen and oxygen atoms in total. The van der Waals surface area contributed by atoms with Gasteiger partial charge in [-0.3, -0.25) is 14.6 Å². The molecule has 2 aliphatic heterocycles. The van der Waals surface area contributed by atoms with E-state index in [1.54, 1.807) is 0 Å². The molecule has 1 aliphatic carbocycles. The van der Waals surface area contributed by atoms with Gasteiger partial charge in [-0.05, 0) is 45.6 Å². The Bertz CT molecular complexity index is 330. The Balaban J connectivity index is 1.59. The highest BCUT2D eigenvalue weighted by Gasteiger charge is 2.41. The lowest BCUT2D eigenvalue weighted by molar-refractivity contribution is -0.143. The summed E-state index contributed by atoms with van der Waals surface area (Å²) in [6.45, 7) is 5.36. The molecule has 4 heteroatoms. The summed E-state index contributed by atoms with van der Waals surface area (Å²) in [5.41, 5.74) is 0. The molecule has 18 heavy (non-hydrogen) atoms. The van der Waals surface area contributed by atoms with Crippen LogP contribution in [0.3, 0.4) is 0 Å². The molecule has 0 aromatic carbocycles. The molecule has 3 aliphatic rings. The fourth-order valence-corrected chi connectivity index (χ4v) is 3.75. The molecule has 0 aromatic rings. The second kappa shape index (κ2) is 4.82. The first kappa shape index (κ1) is 12.4. The monoisotopic (exact) mass is 252 g/mol. The molecule has 102 valence electrons. The molecular formula is C14H24N2O2. The third-order valence-corrected chi connectivity index (χ3v) is 4.94. The van der Waals surface area contributed by atoms with Crippen molar-refractivity contribution in [3.63, 3.8) is 0 Å². The van der Waals surface area contributed by atoms with Crippen LogP contribution in [-0.4, -0.2) is 58.6 Å². The quantitative estimate of drug-likeness (QED) is 0.825. The highest BCUT2D eigenvalue weighted by atomic mass is 16.4. The number of rotatable bonds is 3. The van der Waals surface area contributed by atoms with Crippen LogP contribution in [0, 0.1) is 5.92 Å². The summed E-state index contributed by atoms with van der Waals surface area (Å²) in [5.74, 6) is -0.742. The van der Waals surface area contributed by atoms with Crippen molar-refractivity contribution in [2.45, 2.75) is 57.2 Å². The van der Waals surface area contributed by atoms with Crippen molar-refractivity contribution >= 4 is 5.97 Å². The minimum absolute atomic E-state index is 0.135. The molecule has 3 rings (SSSR count). The third kappa shape index (κ3) is 2.41. The molecule has 2 heterocycles. The van der Waals surface area contributed by atoms with Gasteiger partial charge in [0, 0.05) is 31.2 Å². The third-order valence-electron chi connectivity index (χ3n) is 4.94. The van der Waals surface area contributed by atoms with Crippen molar-refractivity contribution in [1.82, 2.24) is 9.80 Å². The average molecular weight is 252 g/mol. The summed E-state index contributed by atoms with van der Waals surface area (Å²) < 4.78 is 0. The van der Waals surface area contributed by atoms with Gasteiger partial charge in [0.1, 0.15) is 0 Å². The van der Waals surface area contributed by atoms with E-state index >= 15 is 0 Å². The molecule has 0 spiro atoms. The van der Waals surface area contributed by atoms with E-state index in [9.17, 15) is 4.79 Å². The smallest absolute Gasteiger partial charge is 0.307 e. The van der Waals surface area contributed by atoms with Gasteiger partial charge in [0.15, 0.2) is 0 Å². The van der Waals surface area contributed by atoms with Gasteiger partial charge < -0.3 is 5.11 Å². The lowest BCUT2D eigenvalue weighted by Crippen LogP contribution is -2.45. The van der Waals surface area contributed by atoms with Crippen LogP contribution in [0.2, 0.25) is 0 Å². The second-order valence-electron chi connectivity index (χ2n) is 6.34. The number of aliphatic carboxylic acids is 1. The van der Waals surface area contributed by atoms with Gasteiger partial charge in [-0.25, -0.2) is 0 Å². The lowest BCUT2D eigenvalue weighted by atomic mass is 9.96. The summed E-state index contributed by atoms with van der Waals surface area (Å²) in [6.07, 6.45) is 5.87. The van der Waals surface area contributed by atoms with E-state index in [0.717, 1.165) is 38.5 Å². The van der Waals surface area contributed by atoms with E-state index < -0.39 is 5.97 Å². The number of hydrogen-bond acceptors (Lipinski definition) is 3. The first-order chi connectivity index (χ1) is 8.65. The Morgan fingerprint density at radius 3 is 2.61 bits per heavy atom. The van der Waals surface area contributed by atoms with E-state index in [2.05, 4.69) is 16.7 Å². The predicted octanol–water partition coefficient (Wildman–Crippen LogP) is 1.41. The molecule has 0 radical (unpaired) electrons. The van der Waals surface area contributed by atoms with E-state index in [1.165, 1.54) is 19.3 Å². The SMILES string of the molecule is CC1CC(N2CCCC(C(=O)O)C2)CN1C1CC1. The van der Waals surface area contributed by atoms with Crippen LogP contribution in [0.25, 0.3) is 0 Å². The molecule has 2 saturated heterocycles. The zero-order valence-corrected chi connectivity index (χ0v) is 11.2. The summed E-state index contributed by atoms with van der Waals surface area (Å²) in [6, 6.07) is 2.13. The number of carbonyl (C=O) groups is 1. The van der Waals surface area contributed by atoms with Gasteiger partial charge in [-0.15, -0.1) is 0 Å². The average Bonchev–Trinajstić information content (AvgIpc) is 3.13. The largest absolute Gasteiger partial charge is 0.481 e. The highest BCUT2D eigenvalue weighted by molar-refractivity contribution is 5.70. The van der Waals surface area contributed by atoms with E-state index in [4.69, 9.17) is 5.11 Å². The number of carboxylic acids is 1. The molecule has 0 bridgehead atoms. The van der Waals surface area contributed by atoms with Crippen LogP contribution in [0.15, 0.2) is 0 Å². The van der Waals surface area contributed by atoms with Crippen LogP contribution in [0.1, 0.15) is 39.0 Å². The summed E-state index contributed by atoms with van der Waals surface area (Å²) in [4.78, 5) is 16.2. The topological polar surface area (TPSA) is 43.8 Å². The summed E-state index contributed by atoms with van der Waals surface area (Å²) in [5, 5.41) is 9.16. The first-order valence-electron chi connectivity index (χ1n) is 7.37. The Morgan fingerprint density at radius 2 is 1.94 bits per heavy atom. The fourth-order valence-electron chi connectivity index (χ4n) is 3.75. The maximum atomic E-state index is 11.1. The van der Waals surface area contributed by atoms with Crippen LogP contribution in [0.4, 0.5) is 0 Å². The van der Waals surface area contributed by atoms with Gasteiger partial charge in [0.2, 0.25) is 0 Å². The van der Waals surface area contributed by atoms with Gasteiger partial charge >= 0.3 is 5.97 Å². The normalized spacial score (nSPS) is 39.1. The molecule has 3 fully saturated rings. The highest BCUT2D eigenvalue weighted by Crippen LogP contribution is 2.35. The maximum Gasteiger partial charge on any atom is 0.307 e. The Hall–Kier alpha value is -0.610. The fraction of sp³-hybridized carbons (Fsp3) is 0.929. The minimum Gasteiger partial charge on any atom is -0.481 e. The Kier molecular flexibility index (Phi) is 3.32. The van der Waals surface area contributed by atoms with Crippen molar-refractivity contribution in [3.8, 4) is 0 Å². The van der Waals surface area contributed by atoms with Gasteiger partial charge in [-0.1, -0.05) is 0 Å². The number of carboxylic acid groups (broad SMARTS) is 1. The predicted molar refractivity (Wildman–Crippen MR) is 69.5 cm³/mol. The zero-order valence-electron chi connectivity index (χ0n) is 11.2. The molecular weight excluding hydrogens is 228 g/mol. The number of piperidine rings is 1. The van der Waals surface area contributed by atoms with Crippen LogP contribution in [-0.2, 0) is 4.79 Å².